The van der Waals surface area contributed by atoms with Crippen molar-refractivity contribution in [1.29, 1.82) is 0 Å². The first-order chi connectivity index (χ1) is 14.7. The first-order valence-corrected chi connectivity index (χ1v) is 12.6. The fraction of sp³-hybridized carbons (Fsp3) is 0.458. The van der Waals surface area contributed by atoms with Crippen LogP contribution in [-0.4, -0.2) is 33.7 Å². The van der Waals surface area contributed by atoms with Gasteiger partial charge in [-0.25, -0.2) is 8.42 Å². The summed E-state index contributed by atoms with van der Waals surface area (Å²) < 4.78 is 31.7. The maximum atomic E-state index is 12.6. The van der Waals surface area contributed by atoms with Gasteiger partial charge < -0.3 is 10.1 Å². The maximum absolute atomic E-state index is 12.6. The van der Waals surface area contributed by atoms with E-state index in [-0.39, 0.29) is 24.9 Å². The SMILES string of the molecule is CCOc1ccccc1N(CCCC(=O)N[C@H](CC(C)C)c1ccccc1)S(C)(=O)=O. The summed E-state index contributed by atoms with van der Waals surface area (Å²) in [4.78, 5) is 12.6. The monoisotopic (exact) mass is 446 g/mol. The van der Waals surface area contributed by atoms with Crippen LogP contribution in [0, 0.1) is 5.92 Å². The summed E-state index contributed by atoms with van der Waals surface area (Å²) in [5.74, 6) is 0.864. The molecule has 0 saturated carbocycles. The zero-order valence-electron chi connectivity index (χ0n) is 18.9. The van der Waals surface area contributed by atoms with Crippen LogP contribution in [0.4, 0.5) is 5.69 Å². The molecule has 2 aromatic carbocycles. The van der Waals surface area contributed by atoms with Gasteiger partial charge in [-0.1, -0.05) is 56.3 Å². The number of nitrogens with one attached hydrogen (secondary N) is 1. The van der Waals surface area contributed by atoms with Crippen LogP contribution in [0.1, 0.15) is 51.6 Å². The van der Waals surface area contributed by atoms with Gasteiger partial charge in [-0.05, 0) is 43.4 Å². The van der Waals surface area contributed by atoms with Crippen LogP contribution in [0.3, 0.4) is 0 Å². The summed E-state index contributed by atoms with van der Waals surface area (Å²) in [6.45, 7) is 6.75. The Hall–Kier alpha value is -2.54. The number of para-hydroxylation sites is 2. The Morgan fingerprint density at radius 3 is 2.32 bits per heavy atom. The van der Waals surface area contributed by atoms with E-state index in [0.717, 1.165) is 12.0 Å². The van der Waals surface area contributed by atoms with Crippen LogP contribution in [0.2, 0.25) is 0 Å². The van der Waals surface area contributed by atoms with Crippen LogP contribution in [0.5, 0.6) is 5.75 Å². The third-order valence-corrected chi connectivity index (χ3v) is 6.02. The van der Waals surface area contributed by atoms with Crippen molar-refractivity contribution in [2.45, 2.75) is 46.1 Å². The molecular formula is C24H34N2O4S. The lowest BCUT2D eigenvalue weighted by Gasteiger charge is -2.25. The first-order valence-electron chi connectivity index (χ1n) is 10.8. The average Bonchev–Trinajstić information content (AvgIpc) is 2.71. The van der Waals surface area contributed by atoms with Crippen molar-refractivity contribution in [3.05, 3.63) is 60.2 Å². The first kappa shape index (κ1) is 24.7. The molecule has 0 unspecified atom stereocenters. The predicted octanol–water partition coefficient (Wildman–Crippen LogP) is 4.54. The summed E-state index contributed by atoms with van der Waals surface area (Å²) in [7, 11) is -3.52. The number of ether oxygens (including phenoxy) is 1. The van der Waals surface area contributed by atoms with Gasteiger partial charge in [-0.15, -0.1) is 0 Å². The second-order valence-corrected chi connectivity index (χ2v) is 9.91. The standard InChI is InChI=1S/C24H34N2O4S/c1-5-30-23-15-10-9-14-22(23)26(31(4,28)29)17-11-16-24(27)25-21(18-19(2)3)20-12-7-6-8-13-20/h6-10,12-15,19,21H,5,11,16-18H2,1-4H3,(H,25,27)/t21-/m1/s1. The van der Waals surface area contributed by atoms with Gasteiger partial charge in [0.25, 0.3) is 0 Å². The molecule has 2 rings (SSSR count). The summed E-state index contributed by atoms with van der Waals surface area (Å²) in [5, 5.41) is 3.12. The lowest BCUT2D eigenvalue weighted by Crippen LogP contribution is -2.33. The van der Waals surface area contributed by atoms with E-state index in [9.17, 15) is 13.2 Å². The molecule has 6 nitrogen and oxygen atoms in total. The smallest absolute Gasteiger partial charge is 0.232 e. The number of sulfonamides is 1. The molecule has 7 heteroatoms. The Morgan fingerprint density at radius 1 is 1.06 bits per heavy atom. The third kappa shape index (κ3) is 7.90. The minimum atomic E-state index is -3.52. The highest BCUT2D eigenvalue weighted by molar-refractivity contribution is 7.92. The lowest BCUT2D eigenvalue weighted by atomic mass is 9.97. The molecule has 0 bridgehead atoms. The number of rotatable bonds is 12. The number of carbonyl (C=O) groups is 1. The lowest BCUT2D eigenvalue weighted by molar-refractivity contribution is -0.122. The maximum Gasteiger partial charge on any atom is 0.232 e. The van der Waals surface area contributed by atoms with Gasteiger partial charge in [0.2, 0.25) is 15.9 Å². The summed E-state index contributed by atoms with van der Waals surface area (Å²) >= 11 is 0. The molecule has 31 heavy (non-hydrogen) atoms. The van der Waals surface area contributed by atoms with Crippen molar-refractivity contribution in [2.75, 3.05) is 23.7 Å². The minimum Gasteiger partial charge on any atom is -0.492 e. The molecule has 0 fully saturated rings. The van der Waals surface area contributed by atoms with E-state index >= 15 is 0 Å². The summed E-state index contributed by atoms with van der Waals surface area (Å²) in [6.07, 6.45) is 2.66. The van der Waals surface area contributed by atoms with Gasteiger partial charge in [-0.2, -0.15) is 0 Å². The quantitative estimate of drug-likeness (QED) is 0.520. The third-order valence-electron chi connectivity index (χ3n) is 4.84. The van der Waals surface area contributed by atoms with Crippen molar-refractivity contribution in [1.82, 2.24) is 5.32 Å². The van der Waals surface area contributed by atoms with Gasteiger partial charge in [0.1, 0.15) is 5.75 Å². The topological polar surface area (TPSA) is 75.7 Å². The molecule has 0 heterocycles. The summed E-state index contributed by atoms with van der Waals surface area (Å²) in [5.41, 5.74) is 1.57. The van der Waals surface area contributed by atoms with Gasteiger partial charge in [-0.3, -0.25) is 9.10 Å². The molecule has 170 valence electrons. The second-order valence-electron chi connectivity index (χ2n) is 8.00. The number of hydrogen-bond donors (Lipinski definition) is 1. The van der Waals surface area contributed by atoms with Crippen LogP contribution in [-0.2, 0) is 14.8 Å². The molecule has 0 radical (unpaired) electrons. The van der Waals surface area contributed by atoms with E-state index < -0.39 is 10.0 Å². The fourth-order valence-corrected chi connectivity index (χ4v) is 4.46. The van der Waals surface area contributed by atoms with Crippen LogP contribution in [0.25, 0.3) is 0 Å². The second kappa shape index (κ2) is 11.7. The van der Waals surface area contributed by atoms with Crippen molar-refractivity contribution in [3.63, 3.8) is 0 Å². The zero-order chi connectivity index (χ0) is 22.9. The van der Waals surface area contributed by atoms with E-state index in [1.807, 2.05) is 37.3 Å². The van der Waals surface area contributed by atoms with Crippen molar-refractivity contribution in [3.8, 4) is 5.75 Å². The highest BCUT2D eigenvalue weighted by Crippen LogP contribution is 2.30. The number of benzene rings is 2. The molecule has 0 spiro atoms. The molecule has 0 aliphatic rings. The van der Waals surface area contributed by atoms with Crippen LogP contribution >= 0.6 is 0 Å². The molecule has 1 N–H and O–H groups in total. The van der Waals surface area contributed by atoms with Gasteiger partial charge in [0.05, 0.1) is 24.6 Å². The molecule has 0 aliphatic carbocycles. The molecule has 1 amide bonds. The van der Waals surface area contributed by atoms with E-state index in [1.54, 1.807) is 24.3 Å². The normalized spacial score (nSPS) is 12.4. The largest absolute Gasteiger partial charge is 0.492 e. The average molecular weight is 447 g/mol. The Morgan fingerprint density at radius 2 is 1.71 bits per heavy atom. The number of carbonyl (C=O) groups excluding carboxylic acids is 1. The molecule has 2 aromatic rings. The van der Waals surface area contributed by atoms with Crippen molar-refractivity contribution >= 4 is 21.6 Å². The van der Waals surface area contributed by atoms with E-state index in [0.29, 0.717) is 30.4 Å². The van der Waals surface area contributed by atoms with E-state index in [4.69, 9.17) is 4.74 Å². The van der Waals surface area contributed by atoms with Gasteiger partial charge in [0, 0.05) is 13.0 Å². The van der Waals surface area contributed by atoms with Crippen molar-refractivity contribution < 1.29 is 17.9 Å². The molecule has 0 saturated heterocycles. The van der Waals surface area contributed by atoms with Crippen LogP contribution < -0.4 is 14.4 Å². The highest BCUT2D eigenvalue weighted by atomic mass is 32.2. The minimum absolute atomic E-state index is 0.0570. The Labute approximate surface area is 186 Å². The highest BCUT2D eigenvalue weighted by Gasteiger charge is 2.22. The molecule has 0 aromatic heterocycles. The zero-order valence-corrected chi connectivity index (χ0v) is 19.7. The molecular weight excluding hydrogens is 412 g/mol. The number of amides is 1. The Kier molecular flexibility index (Phi) is 9.37. The van der Waals surface area contributed by atoms with E-state index in [1.165, 1.54) is 10.6 Å². The number of hydrogen-bond acceptors (Lipinski definition) is 4. The van der Waals surface area contributed by atoms with Crippen molar-refractivity contribution in [2.24, 2.45) is 5.92 Å². The fourth-order valence-electron chi connectivity index (χ4n) is 3.49. The Balaban J connectivity index is 2.04. The number of anilines is 1. The Bertz CT molecular complexity index is 930. The predicted molar refractivity (Wildman–Crippen MR) is 126 cm³/mol. The molecule has 0 aliphatic heterocycles. The van der Waals surface area contributed by atoms with Gasteiger partial charge in [0.15, 0.2) is 0 Å². The number of nitrogens with zero attached hydrogens (tertiary/aromatic N) is 1. The molecule has 1 atom stereocenters. The van der Waals surface area contributed by atoms with Gasteiger partial charge >= 0.3 is 0 Å². The van der Waals surface area contributed by atoms with E-state index in [2.05, 4.69) is 19.2 Å². The summed E-state index contributed by atoms with van der Waals surface area (Å²) in [6, 6.07) is 16.9. The van der Waals surface area contributed by atoms with Crippen LogP contribution in [0.15, 0.2) is 54.6 Å².